The average molecular weight is 226 g/mol. The smallest absolute Gasteiger partial charge is 0.0334 e. The molecule has 84 valence electrons. The van der Waals surface area contributed by atoms with Crippen LogP contribution in [-0.4, -0.2) is 0 Å². The van der Waals surface area contributed by atoms with Crippen molar-refractivity contribution in [3.05, 3.63) is 47.0 Å². The van der Waals surface area contributed by atoms with E-state index in [0.29, 0.717) is 0 Å². The zero-order chi connectivity index (χ0) is 10.7. The summed E-state index contributed by atoms with van der Waals surface area (Å²) in [5, 5.41) is 0. The van der Waals surface area contributed by atoms with Crippen LogP contribution in [0.5, 0.6) is 0 Å². The van der Waals surface area contributed by atoms with Gasteiger partial charge in [0.1, 0.15) is 0 Å². The van der Waals surface area contributed by atoms with E-state index in [1.54, 1.807) is 0 Å². The molecule has 0 fully saturated rings. The number of rotatable bonds is 3. The monoisotopic (exact) mass is 225 g/mol. The predicted molar refractivity (Wildman–Crippen MR) is 69.5 cm³/mol. The molecule has 0 spiro atoms. The number of benzene rings is 1. The first-order valence-electron chi connectivity index (χ1n) is 4.98. The van der Waals surface area contributed by atoms with Crippen LogP contribution >= 0.6 is 12.4 Å². The van der Waals surface area contributed by atoms with Gasteiger partial charge in [0.05, 0.1) is 0 Å². The third-order valence-corrected chi connectivity index (χ3v) is 2.39. The maximum Gasteiger partial charge on any atom is 0.0334 e. The van der Waals surface area contributed by atoms with Gasteiger partial charge in [-0.1, -0.05) is 29.3 Å². The van der Waals surface area contributed by atoms with Crippen LogP contribution in [0.2, 0.25) is 0 Å². The summed E-state index contributed by atoms with van der Waals surface area (Å²) in [7, 11) is 0. The standard InChI is InChI=1S/C13H19N.ClH/c1-9(2)7-13(14)12-6-5-10(3)8-11(12)4;/h5-6,8,13H,1,7,14H2,2-4H3;1H/t13-;/m0./s1. The molecule has 1 aromatic carbocycles. The van der Waals surface area contributed by atoms with Crippen LogP contribution in [0.4, 0.5) is 0 Å². The Labute approximate surface area is 98.8 Å². The molecule has 0 aliphatic carbocycles. The van der Waals surface area contributed by atoms with E-state index in [9.17, 15) is 0 Å². The van der Waals surface area contributed by atoms with Crippen molar-refractivity contribution in [2.45, 2.75) is 33.2 Å². The maximum absolute atomic E-state index is 6.09. The van der Waals surface area contributed by atoms with Gasteiger partial charge < -0.3 is 5.73 Å². The average Bonchev–Trinajstić information content (AvgIpc) is 2.01. The number of nitrogens with two attached hydrogens (primary N) is 1. The summed E-state index contributed by atoms with van der Waals surface area (Å²) in [5.41, 5.74) is 11.0. The summed E-state index contributed by atoms with van der Waals surface area (Å²) < 4.78 is 0. The lowest BCUT2D eigenvalue weighted by molar-refractivity contribution is 0.712. The Kier molecular flexibility index (Phi) is 5.63. The zero-order valence-electron chi connectivity index (χ0n) is 9.71. The van der Waals surface area contributed by atoms with Crippen LogP contribution in [-0.2, 0) is 0 Å². The van der Waals surface area contributed by atoms with Gasteiger partial charge in [-0.15, -0.1) is 19.0 Å². The normalized spacial score (nSPS) is 11.7. The van der Waals surface area contributed by atoms with Gasteiger partial charge in [0.15, 0.2) is 0 Å². The van der Waals surface area contributed by atoms with Crippen molar-refractivity contribution in [3.8, 4) is 0 Å². The molecule has 1 nitrogen and oxygen atoms in total. The van der Waals surface area contributed by atoms with E-state index in [-0.39, 0.29) is 18.4 Å². The number of hydrogen-bond donors (Lipinski definition) is 1. The highest BCUT2D eigenvalue weighted by Crippen LogP contribution is 2.21. The molecule has 2 N–H and O–H groups in total. The lowest BCUT2D eigenvalue weighted by Gasteiger charge is -2.15. The molecule has 0 saturated carbocycles. The summed E-state index contributed by atoms with van der Waals surface area (Å²) >= 11 is 0. The fraction of sp³-hybridized carbons (Fsp3) is 0.385. The molecule has 2 heteroatoms. The second-order valence-corrected chi connectivity index (χ2v) is 4.13. The topological polar surface area (TPSA) is 26.0 Å². The van der Waals surface area contributed by atoms with E-state index in [1.807, 2.05) is 6.92 Å². The second kappa shape index (κ2) is 5.94. The Balaban J connectivity index is 0.00000196. The van der Waals surface area contributed by atoms with Crippen LogP contribution < -0.4 is 5.73 Å². The van der Waals surface area contributed by atoms with Gasteiger partial charge >= 0.3 is 0 Å². The first kappa shape index (κ1) is 14.2. The third-order valence-electron chi connectivity index (χ3n) is 2.39. The van der Waals surface area contributed by atoms with Gasteiger partial charge in [-0.05, 0) is 38.3 Å². The van der Waals surface area contributed by atoms with Gasteiger partial charge in [-0.25, -0.2) is 0 Å². The maximum atomic E-state index is 6.09. The molecule has 0 bridgehead atoms. The van der Waals surface area contributed by atoms with Crippen molar-refractivity contribution in [2.75, 3.05) is 0 Å². The van der Waals surface area contributed by atoms with Crippen LogP contribution in [0, 0.1) is 13.8 Å². The molecule has 0 saturated heterocycles. The Morgan fingerprint density at radius 3 is 2.47 bits per heavy atom. The Hall–Kier alpha value is -0.790. The molecule has 1 rings (SSSR count). The number of hydrogen-bond acceptors (Lipinski definition) is 1. The number of halogens is 1. The van der Waals surface area contributed by atoms with E-state index < -0.39 is 0 Å². The van der Waals surface area contributed by atoms with E-state index >= 15 is 0 Å². The number of aryl methyl sites for hydroxylation is 2. The van der Waals surface area contributed by atoms with Crippen molar-refractivity contribution in [3.63, 3.8) is 0 Å². The summed E-state index contributed by atoms with van der Waals surface area (Å²) in [6.45, 7) is 10.1. The van der Waals surface area contributed by atoms with Gasteiger partial charge in [0.25, 0.3) is 0 Å². The molecule has 0 unspecified atom stereocenters. The molecule has 1 aromatic rings. The van der Waals surface area contributed by atoms with E-state index in [2.05, 4.69) is 38.6 Å². The van der Waals surface area contributed by atoms with E-state index in [0.717, 1.165) is 12.0 Å². The van der Waals surface area contributed by atoms with Crippen molar-refractivity contribution in [1.82, 2.24) is 0 Å². The molecule has 0 radical (unpaired) electrons. The lowest BCUT2D eigenvalue weighted by Crippen LogP contribution is -2.11. The highest BCUT2D eigenvalue weighted by Gasteiger charge is 2.08. The minimum Gasteiger partial charge on any atom is -0.324 e. The fourth-order valence-corrected chi connectivity index (χ4v) is 1.73. The van der Waals surface area contributed by atoms with Crippen molar-refractivity contribution in [1.29, 1.82) is 0 Å². The molecule has 0 aromatic heterocycles. The molecule has 0 aliphatic heterocycles. The quantitative estimate of drug-likeness (QED) is 0.781. The highest BCUT2D eigenvalue weighted by atomic mass is 35.5. The largest absolute Gasteiger partial charge is 0.324 e. The predicted octanol–water partition coefficient (Wildman–Crippen LogP) is 3.69. The van der Waals surface area contributed by atoms with Crippen molar-refractivity contribution >= 4 is 12.4 Å². The lowest BCUT2D eigenvalue weighted by atomic mass is 9.96. The summed E-state index contributed by atoms with van der Waals surface area (Å²) in [4.78, 5) is 0. The minimum atomic E-state index is 0. The van der Waals surface area contributed by atoms with Crippen LogP contribution in [0.1, 0.15) is 36.1 Å². The second-order valence-electron chi connectivity index (χ2n) is 4.13. The molecule has 0 aliphatic rings. The highest BCUT2D eigenvalue weighted by molar-refractivity contribution is 5.85. The van der Waals surface area contributed by atoms with Crippen molar-refractivity contribution < 1.29 is 0 Å². The summed E-state index contributed by atoms with van der Waals surface area (Å²) in [6.07, 6.45) is 0.865. The van der Waals surface area contributed by atoms with Crippen LogP contribution in [0.25, 0.3) is 0 Å². The first-order valence-corrected chi connectivity index (χ1v) is 4.98. The Morgan fingerprint density at radius 2 is 2.00 bits per heavy atom. The molecule has 1 atom stereocenters. The Morgan fingerprint density at radius 1 is 1.40 bits per heavy atom. The third kappa shape index (κ3) is 4.06. The molecule has 15 heavy (non-hydrogen) atoms. The van der Waals surface area contributed by atoms with Gasteiger partial charge in [0, 0.05) is 6.04 Å². The summed E-state index contributed by atoms with van der Waals surface area (Å²) in [6, 6.07) is 6.50. The zero-order valence-corrected chi connectivity index (χ0v) is 10.5. The molecule has 0 amide bonds. The molecular weight excluding hydrogens is 206 g/mol. The Bertz CT molecular complexity index is 344. The van der Waals surface area contributed by atoms with Crippen molar-refractivity contribution in [2.24, 2.45) is 5.73 Å². The first-order chi connectivity index (χ1) is 6.50. The van der Waals surface area contributed by atoms with E-state index in [4.69, 9.17) is 5.73 Å². The molecular formula is C13H20ClN. The van der Waals surface area contributed by atoms with Gasteiger partial charge in [-0.3, -0.25) is 0 Å². The molecule has 0 heterocycles. The van der Waals surface area contributed by atoms with Crippen LogP contribution in [0.15, 0.2) is 30.4 Å². The SMILES string of the molecule is C=C(C)C[C@H](N)c1ccc(C)cc1C.Cl. The van der Waals surface area contributed by atoms with E-state index in [1.165, 1.54) is 16.7 Å². The fourth-order valence-electron chi connectivity index (χ4n) is 1.73. The minimum absolute atomic E-state index is 0. The van der Waals surface area contributed by atoms with Crippen LogP contribution in [0.3, 0.4) is 0 Å². The van der Waals surface area contributed by atoms with Gasteiger partial charge in [-0.2, -0.15) is 0 Å². The summed E-state index contributed by atoms with van der Waals surface area (Å²) in [5.74, 6) is 0. The van der Waals surface area contributed by atoms with Gasteiger partial charge in [0.2, 0.25) is 0 Å².